The average molecular weight is 420 g/mol. The molecule has 1 aliphatic heterocycles. The molecule has 3 aromatic rings. The van der Waals surface area contributed by atoms with E-state index in [9.17, 15) is 9.18 Å². The van der Waals surface area contributed by atoms with Crippen molar-refractivity contribution in [2.75, 3.05) is 31.1 Å². The van der Waals surface area contributed by atoms with Gasteiger partial charge in [0.1, 0.15) is 12.1 Å². The van der Waals surface area contributed by atoms with Crippen LogP contribution < -0.4 is 10.2 Å². The third-order valence-electron chi connectivity index (χ3n) is 6.14. The molecule has 0 atom stereocenters. The van der Waals surface area contributed by atoms with Crippen LogP contribution in [0.2, 0.25) is 0 Å². The number of nitrogens with zero attached hydrogens (tertiary/aromatic N) is 3. The summed E-state index contributed by atoms with van der Waals surface area (Å²) in [4.78, 5) is 21.4. The largest absolute Gasteiger partial charge is 0.447 e. The lowest BCUT2D eigenvalue weighted by molar-refractivity contribution is 0.0925. The van der Waals surface area contributed by atoms with Gasteiger partial charge in [0.25, 0.3) is 5.91 Å². The van der Waals surface area contributed by atoms with Crippen molar-refractivity contribution >= 4 is 11.6 Å². The van der Waals surface area contributed by atoms with Crippen molar-refractivity contribution in [1.82, 2.24) is 15.2 Å². The predicted molar refractivity (Wildman–Crippen MR) is 115 cm³/mol. The van der Waals surface area contributed by atoms with Crippen LogP contribution in [0.4, 0.5) is 10.1 Å². The Balaban J connectivity index is 1.16. The predicted octanol–water partition coefficient (Wildman–Crippen LogP) is 3.56. The van der Waals surface area contributed by atoms with Crippen LogP contribution in [0.15, 0.2) is 65.3 Å². The summed E-state index contributed by atoms with van der Waals surface area (Å²) in [6, 6.07) is 16.9. The summed E-state index contributed by atoms with van der Waals surface area (Å²) in [5.74, 6) is 0.123. The van der Waals surface area contributed by atoms with Gasteiger partial charge < -0.3 is 14.6 Å². The Hall–Kier alpha value is -3.19. The number of amides is 1. The maximum Gasteiger partial charge on any atom is 0.273 e. The highest BCUT2D eigenvalue weighted by Gasteiger charge is 2.46. The van der Waals surface area contributed by atoms with Gasteiger partial charge in [0.05, 0.1) is 17.8 Å². The maximum atomic E-state index is 14.0. The first-order valence-corrected chi connectivity index (χ1v) is 10.7. The van der Waals surface area contributed by atoms with E-state index in [2.05, 4.69) is 20.1 Å². The molecule has 1 aliphatic carbocycles. The minimum absolute atomic E-state index is 0.191. The molecule has 0 unspecified atom stereocenters. The van der Waals surface area contributed by atoms with Gasteiger partial charge in [0.2, 0.25) is 5.89 Å². The molecule has 0 radical (unpaired) electrons. The number of carbonyl (C=O) groups excluding carboxylic acids is 1. The summed E-state index contributed by atoms with van der Waals surface area (Å²) >= 11 is 0. The lowest BCUT2D eigenvalue weighted by Gasteiger charge is -2.35. The number of halogens is 1. The van der Waals surface area contributed by atoms with E-state index in [-0.39, 0.29) is 17.3 Å². The number of carbonyl (C=O) groups is 1. The second kappa shape index (κ2) is 8.15. The summed E-state index contributed by atoms with van der Waals surface area (Å²) < 4.78 is 19.6. The van der Waals surface area contributed by atoms with E-state index in [4.69, 9.17) is 4.42 Å². The number of anilines is 1. The van der Waals surface area contributed by atoms with Crippen LogP contribution in [0, 0.1) is 5.82 Å². The van der Waals surface area contributed by atoms with Crippen molar-refractivity contribution in [3.8, 4) is 0 Å². The van der Waals surface area contributed by atoms with Crippen LogP contribution in [-0.4, -0.2) is 42.0 Å². The quantitative estimate of drug-likeness (QED) is 0.661. The second-order valence-corrected chi connectivity index (χ2v) is 8.24. The fraction of sp³-hybridized carbons (Fsp3) is 0.333. The molecule has 1 aromatic heterocycles. The van der Waals surface area contributed by atoms with Crippen LogP contribution >= 0.6 is 0 Å². The zero-order chi connectivity index (χ0) is 21.3. The van der Waals surface area contributed by atoms with Gasteiger partial charge in [0.15, 0.2) is 5.69 Å². The molecule has 1 saturated carbocycles. The van der Waals surface area contributed by atoms with Gasteiger partial charge in [-0.3, -0.25) is 9.69 Å². The number of hydrogen-bond acceptors (Lipinski definition) is 5. The molecule has 0 bridgehead atoms. The molecule has 6 nitrogen and oxygen atoms in total. The minimum Gasteiger partial charge on any atom is -0.447 e. The Labute approximate surface area is 180 Å². The molecule has 7 heteroatoms. The van der Waals surface area contributed by atoms with E-state index < -0.39 is 0 Å². The third-order valence-corrected chi connectivity index (χ3v) is 6.14. The Morgan fingerprint density at radius 3 is 2.45 bits per heavy atom. The van der Waals surface area contributed by atoms with E-state index in [1.165, 1.54) is 12.3 Å². The van der Waals surface area contributed by atoms with Crippen LogP contribution in [0.25, 0.3) is 0 Å². The van der Waals surface area contributed by atoms with Crippen LogP contribution in [0.3, 0.4) is 0 Å². The molecule has 1 saturated heterocycles. The van der Waals surface area contributed by atoms with Gasteiger partial charge in [0, 0.05) is 26.2 Å². The van der Waals surface area contributed by atoms with Gasteiger partial charge >= 0.3 is 0 Å². The number of nitrogens with one attached hydrogen (secondary N) is 1. The SMILES string of the molecule is O=C(NC1(c2ccccc2)CC1)c1coc(CN2CCN(c3ccccc3F)CC2)n1. The maximum absolute atomic E-state index is 14.0. The van der Waals surface area contributed by atoms with Crippen molar-refractivity contribution < 1.29 is 13.6 Å². The monoisotopic (exact) mass is 420 g/mol. The van der Waals surface area contributed by atoms with Crippen LogP contribution in [0.1, 0.15) is 34.8 Å². The number of oxazole rings is 1. The summed E-state index contributed by atoms with van der Waals surface area (Å²) in [6.45, 7) is 3.54. The first kappa shape index (κ1) is 19.8. The lowest BCUT2D eigenvalue weighted by Crippen LogP contribution is -2.46. The molecule has 1 amide bonds. The van der Waals surface area contributed by atoms with E-state index in [1.807, 2.05) is 42.5 Å². The standard InChI is InChI=1S/C24H25FN4O2/c25-19-8-4-5-9-21(19)29-14-12-28(13-15-29)16-22-26-20(17-31-22)23(30)27-24(10-11-24)18-6-2-1-3-7-18/h1-9,17H,10-16H2,(H,27,30). The zero-order valence-electron chi connectivity index (χ0n) is 17.3. The molecule has 160 valence electrons. The fourth-order valence-corrected chi connectivity index (χ4v) is 4.18. The molecule has 1 N–H and O–H groups in total. The first-order valence-electron chi connectivity index (χ1n) is 10.7. The molecule has 2 heterocycles. The minimum atomic E-state index is -0.277. The molecular formula is C24H25FN4O2. The highest BCUT2D eigenvalue weighted by Crippen LogP contribution is 2.45. The third kappa shape index (κ3) is 4.18. The van der Waals surface area contributed by atoms with Gasteiger partial charge in [-0.2, -0.15) is 0 Å². The number of aromatic nitrogens is 1. The van der Waals surface area contributed by atoms with E-state index >= 15 is 0 Å². The Morgan fingerprint density at radius 1 is 1.03 bits per heavy atom. The van der Waals surface area contributed by atoms with E-state index in [0.717, 1.165) is 44.6 Å². The van der Waals surface area contributed by atoms with Gasteiger partial charge in [-0.05, 0) is 30.5 Å². The Morgan fingerprint density at radius 2 is 1.74 bits per heavy atom. The molecule has 2 aromatic carbocycles. The number of rotatable bonds is 6. The molecule has 0 spiro atoms. The molecule has 5 rings (SSSR count). The van der Waals surface area contributed by atoms with Gasteiger partial charge in [-0.1, -0.05) is 42.5 Å². The molecule has 2 aliphatic rings. The fourth-order valence-electron chi connectivity index (χ4n) is 4.18. The Bertz CT molecular complexity index is 1060. The topological polar surface area (TPSA) is 61.6 Å². The number of hydrogen-bond donors (Lipinski definition) is 1. The summed E-state index contributed by atoms with van der Waals surface area (Å²) in [7, 11) is 0. The highest BCUT2D eigenvalue weighted by atomic mass is 19.1. The smallest absolute Gasteiger partial charge is 0.273 e. The normalized spacial score (nSPS) is 18.0. The summed E-state index contributed by atoms with van der Waals surface area (Å²) in [5.41, 5.74) is 1.80. The van der Waals surface area contributed by atoms with Crippen molar-refractivity contribution in [3.05, 3.63) is 83.8 Å². The number of benzene rings is 2. The van der Waals surface area contributed by atoms with Crippen molar-refractivity contribution in [1.29, 1.82) is 0 Å². The first-order chi connectivity index (χ1) is 15.1. The lowest BCUT2D eigenvalue weighted by atomic mass is 10.1. The zero-order valence-corrected chi connectivity index (χ0v) is 17.3. The summed E-state index contributed by atoms with van der Waals surface area (Å²) in [5, 5.41) is 3.13. The molecular weight excluding hydrogens is 395 g/mol. The average Bonchev–Trinajstić information content (AvgIpc) is 3.43. The van der Waals surface area contributed by atoms with E-state index in [0.29, 0.717) is 23.8 Å². The van der Waals surface area contributed by atoms with Crippen LogP contribution in [0.5, 0.6) is 0 Å². The number of para-hydroxylation sites is 1. The van der Waals surface area contributed by atoms with Gasteiger partial charge in [-0.15, -0.1) is 0 Å². The van der Waals surface area contributed by atoms with E-state index in [1.54, 1.807) is 6.07 Å². The summed E-state index contributed by atoms with van der Waals surface area (Å²) in [6.07, 6.45) is 3.29. The Kier molecular flexibility index (Phi) is 5.19. The molecule has 2 fully saturated rings. The highest BCUT2D eigenvalue weighted by molar-refractivity contribution is 5.92. The number of piperazine rings is 1. The van der Waals surface area contributed by atoms with Crippen molar-refractivity contribution in [2.24, 2.45) is 0 Å². The van der Waals surface area contributed by atoms with Crippen molar-refractivity contribution in [2.45, 2.75) is 24.9 Å². The van der Waals surface area contributed by atoms with Crippen LogP contribution in [-0.2, 0) is 12.1 Å². The van der Waals surface area contributed by atoms with Gasteiger partial charge in [-0.25, -0.2) is 9.37 Å². The molecule has 31 heavy (non-hydrogen) atoms. The van der Waals surface area contributed by atoms with Crippen molar-refractivity contribution in [3.63, 3.8) is 0 Å². The second-order valence-electron chi connectivity index (χ2n) is 8.24.